The Kier molecular flexibility index (Phi) is 7.32. The van der Waals surface area contributed by atoms with Crippen molar-refractivity contribution in [1.29, 1.82) is 5.26 Å². The highest BCUT2D eigenvalue weighted by Crippen LogP contribution is 2.66. The summed E-state index contributed by atoms with van der Waals surface area (Å²) in [7, 11) is -17.1. The Morgan fingerprint density at radius 3 is 2.40 bits per heavy atom. The second-order valence-corrected chi connectivity index (χ2v) is 11.1. The molecule has 6 atom stereocenters. The molecule has 1 aliphatic rings. The number of H-pyrrole nitrogens is 1. The van der Waals surface area contributed by atoms with Gasteiger partial charge in [-0.25, -0.2) is 28.6 Å². The number of nitrogen functional groups attached to an aromatic ring is 1. The van der Waals surface area contributed by atoms with Crippen molar-refractivity contribution >= 4 is 40.4 Å². The molecule has 1 fully saturated rings. The van der Waals surface area contributed by atoms with Crippen LogP contribution in [-0.4, -0.2) is 74.6 Å². The van der Waals surface area contributed by atoms with Gasteiger partial charge in [0.05, 0.1) is 6.61 Å². The normalized spacial score (nSPS) is 28.3. The molecule has 3 rings (SSSR count). The van der Waals surface area contributed by atoms with Crippen LogP contribution in [0.5, 0.6) is 0 Å². The summed E-state index contributed by atoms with van der Waals surface area (Å²) in [6.45, 7) is -1.19. The van der Waals surface area contributed by atoms with E-state index in [1.54, 1.807) is 6.07 Å². The van der Waals surface area contributed by atoms with Crippen LogP contribution in [0.1, 0.15) is 5.69 Å². The zero-order chi connectivity index (χ0) is 26.4. The molecule has 2 aromatic rings. The zero-order valence-corrected chi connectivity index (χ0v) is 19.4. The van der Waals surface area contributed by atoms with Crippen molar-refractivity contribution in [2.45, 2.75) is 23.9 Å². The molecule has 20 nitrogen and oxygen atoms in total. The number of phosphoric ester groups is 1. The lowest BCUT2D eigenvalue weighted by Crippen LogP contribution is -2.41. The van der Waals surface area contributed by atoms with Crippen molar-refractivity contribution in [3.05, 3.63) is 22.4 Å². The highest BCUT2D eigenvalue weighted by atomic mass is 31.3. The Balaban J connectivity index is 1.88. The molecule has 23 heteroatoms. The number of hydrogen-bond acceptors (Lipinski definition) is 15. The minimum absolute atomic E-state index is 0.360. The molecule has 0 saturated carbocycles. The number of aromatic nitrogens is 4. The van der Waals surface area contributed by atoms with Gasteiger partial charge in [-0.3, -0.25) is 14.3 Å². The van der Waals surface area contributed by atoms with Crippen molar-refractivity contribution in [1.82, 2.24) is 19.9 Å². The molecule has 0 aliphatic carbocycles. The van der Waals surface area contributed by atoms with E-state index in [9.17, 15) is 43.8 Å². The molecule has 1 aliphatic heterocycles. The Labute approximate surface area is 192 Å². The molecule has 192 valence electrons. The first kappa shape index (κ1) is 27.4. The number of nitrogens with one attached hydrogen (secondary N) is 1. The van der Waals surface area contributed by atoms with Crippen molar-refractivity contribution in [2.24, 2.45) is 0 Å². The molecule has 0 amide bonds. The minimum atomic E-state index is -5.82. The van der Waals surface area contributed by atoms with Crippen LogP contribution in [0.25, 0.3) is 11.0 Å². The molecule has 1 saturated heterocycles. The van der Waals surface area contributed by atoms with E-state index < -0.39 is 71.2 Å². The second-order valence-electron chi connectivity index (χ2n) is 6.70. The smallest absolute Gasteiger partial charge is 0.387 e. The van der Waals surface area contributed by atoms with Crippen LogP contribution in [0.2, 0.25) is 0 Å². The van der Waals surface area contributed by atoms with Gasteiger partial charge in [-0.1, -0.05) is 0 Å². The standard InChI is InChI=1S/C12H15N6O14P3/c13-2-12(8-5-6(15-3-16-8)10(21)18-11(14)17-5)9(20)7(19)4(30-12)1-29-34(25,26)32-35(27,28)31-33(22,23)24/h3-4,7,9,19-20H,1H2,(H,25,26)(H,27,28)(H2,22,23,24)(H3,14,17,18,21)/t4-,7-,9-,12+/m1/s1. The SMILES string of the molecule is N#C[C@@]1(c2ncnc3c(=O)[nH]c(N)nc23)O[C@H](COP(=O)(O)OP(=O)(O)OP(=O)(O)O)[C@@H](O)[C@H]1O. The van der Waals surface area contributed by atoms with Gasteiger partial charge in [-0.15, -0.1) is 0 Å². The predicted molar refractivity (Wildman–Crippen MR) is 106 cm³/mol. The third-order valence-electron chi connectivity index (χ3n) is 4.31. The average molecular weight is 560 g/mol. The number of nitrogens with two attached hydrogens (primary N) is 1. The van der Waals surface area contributed by atoms with E-state index in [0.717, 1.165) is 6.33 Å². The van der Waals surface area contributed by atoms with Crippen LogP contribution >= 0.6 is 23.5 Å². The van der Waals surface area contributed by atoms with Gasteiger partial charge in [0.2, 0.25) is 11.5 Å². The minimum Gasteiger partial charge on any atom is -0.387 e. The fraction of sp³-hybridized carbons (Fsp3) is 0.417. The first-order chi connectivity index (χ1) is 16.0. The summed E-state index contributed by atoms with van der Waals surface area (Å²) < 4.78 is 50.8. The predicted octanol–water partition coefficient (Wildman–Crippen LogP) is -2.52. The molecule has 0 spiro atoms. The Morgan fingerprint density at radius 2 is 1.80 bits per heavy atom. The molecular formula is C12H15N6O14P3. The number of nitriles is 1. The van der Waals surface area contributed by atoms with Crippen molar-refractivity contribution < 1.29 is 61.4 Å². The van der Waals surface area contributed by atoms with Gasteiger partial charge < -0.3 is 40.3 Å². The number of phosphoric acid groups is 3. The summed E-state index contributed by atoms with van der Waals surface area (Å²) in [6, 6.07) is 1.57. The molecule has 35 heavy (non-hydrogen) atoms. The van der Waals surface area contributed by atoms with E-state index in [1.807, 2.05) is 0 Å². The fourth-order valence-corrected chi connectivity index (χ4v) is 6.04. The number of fused-ring (bicyclic) bond motifs is 1. The van der Waals surface area contributed by atoms with E-state index in [4.69, 9.17) is 20.3 Å². The van der Waals surface area contributed by atoms with Gasteiger partial charge in [0.15, 0.2) is 5.52 Å². The zero-order valence-electron chi connectivity index (χ0n) is 16.7. The molecule has 2 unspecified atom stereocenters. The van der Waals surface area contributed by atoms with Gasteiger partial charge in [-0.05, 0) is 0 Å². The summed E-state index contributed by atoms with van der Waals surface area (Å²) in [5, 5.41) is 30.7. The third-order valence-corrected chi connectivity index (χ3v) is 8.11. The summed E-state index contributed by atoms with van der Waals surface area (Å²) in [4.78, 5) is 61.3. The van der Waals surface area contributed by atoms with Crippen molar-refractivity contribution in [2.75, 3.05) is 12.3 Å². The van der Waals surface area contributed by atoms with Gasteiger partial charge in [-0.2, -0.15) is 13.9 Å². The first-order valence-electron chi connectivity index (χ1n) is 8.75. The van der Waals surface area contributed by atoms with Crippen molar-refractivity contribution in [3.63, 3.8) is 0 Å². The Morgan fingerprint density at radius 1 is 1.14 bits per heavy atom. The molecule has 0 aromatic carbocycles. The number of hydrogen-bond donors (Lipinski definition) is 8. The highest BCUT2D eigenvalue weighted by Gasteiger charge is 2.58. The Hall–Kier alpha value is -2.20. The lowest BCUT2D eigenvalue weighted by Gasteiger charge is -2.24. The van der Waals surface area contributed by atoms with E-state index in [0.29, 0.717) is 0 Å². The van der Waals surface area contributed by atoms with Gasteiger partial charge in [0.25, 0.3) is 5.56 Å². The number of rotatable bonds is 8. The van der Waals surface area contributed by atoms with Gasteiger partial charge >= 0.3 is 23.5 Å². The lowest BCUT2D eigenvalue weighted by atomic mass is 9.91. The summed E-state index contributed by atoms with van der Waals surface area (Å²) in [6.07, 6.45) is -5.13. The quantitative estimate of drug-likeness (QED) is 0.154. The lowest BCUT2D eigenvalue weighted by molar-refractivity contribution is -0.0619. The maximum absolute atomic E-state index is 12.1. The van der Waals surface area contributed by atoms with Gasteiger partial charge in [0.1, 0.15) is 41.9 Å². The van der Waals surface area contributed by atoms with E-state index in [-0.39, 0.29) is 11.0 Å². The largest absolute Gasteiger partial charge is 0.490 e. The molecule has 2 aromatic heterocycles. The maximum Gasteiger partial charge on any atom is 0.490 e. The van der Waals surface area contributed by atoms with Crippen LogP contribution in [0.15, 0.2) is 11.1 Å². The van der Waals surface area contributed by atoms with Gasteiger partial charge in [0, 0.05) is 0 Å². The summed E-state index contributed by atoms with van der Waals surface area (Å²) >= 11 is 0. The van der Waals surface area contributed by atoms with E-state index in [2.05, 4.69) is 33.1 Å². The summed E-state index contributed by atoms with van der Waals surface area (Å²) in [5.41, 5.74) is 0.877. The van der Waals surface area contributed by atoms with E-state index >= 15 is 0 Å². The second kappa shape index (κ2) is 9.35. The van der Waals surface area contributed by atoms with Crippen LogP contribution < -0.4 is 11.3 Å². The van der Waals surface area contributed by atoms with E-state index in [1.165, 1.54) is 0 Å². The van der Waals surface area contributed by atoms with Crippen LogP contribution in [0.4, 0.5) is 5.95 Å². The highest BCUT2D eigenvalue weighted by molar-refractivity contribution is 7.66. The van der Waals surface area contributed by atoms with Crippen LogP contribution in [0, 0.1) is 11.3 Å². The summed E-state index contributed by atoms with van der Waals surface area (Å²) in [5.74, 6) is -0.413. The van der Waals surface area contributed by atoms with Crippen LogP contribution in [-0.2, 0) is 37.2 Å². The fourth-order valence-electron chi connectivity index (χ4n) is 3.01. The number of aromatic amines is 1. The average Bonchev–Trinajstić information content (AvgIpc) is 2.94. The molecule has 3 heterocycles. The maximum atomic E-state index is 12.1. The Bertz CT molecular complexity index is 1390. The molecule has 0 radical (unpaired) electrons. The monoisotopic (exact) mass is 560 g/mol. The van der Waals surface area contributed by atoms with Crippen molar-refractivity contribution in [3.8, 4) is 6.07 Å². The number of aliphatic hydroxyl groups excluding tert-OH is 2. The third kappa shape index (κ3) is 5.80. The number of anilines is 1. The topological polar surface area (TPSA) is 331 Å². The number of ether oxygens (including phenoxy) is 1. The van der Waals surface area contributed by atoms with Crippen LogP contribution in [0.3, 0.4) is 0 Å². The molecule has 0 bridgehead atoms. The molecular weight excluding hydrogens is 545 g/mol. The first-order valence-corrected chi connectivity index (χ1v) is 13.3. The molecule has 9 N–H and O–H groups in total. The number of nitrogens with zero attached hydrogens (tertiary/aromatic N) is 4. The number of aliphatic hydroxyl groups is 2.